The van der Waals surface area contributed by atoms with Crippen molar-refractivity contribution in [2.75, 3.05) is 26.7 Å². The lowest BCUT2D eigenvalue weighted by Gasteiger charge is -2.39. The van der Waals surface area contributed by atoms with Crippen LogP contribution in [0.3, 0.4) is 0 Å². The standard InChI is InChI=1S/C13H27NO2/c1-4-13(5-2,10-15)9-14(3)8-11-6-12(16)7-11/h11-12,15-16H,4-10H2,1-3H3. The van der Waals surface area contributed by atoms with Crippen LogP contribution in [-0.2, 0) is 0 Å². The van der Waals surface area contributed by atoms with Crippen LogP contribution in [0.5, 0.6) is 0 Å². The van der Waals surface area contributed by atoms with Gasteiger partial charge in [-0.15, -0.1) is 0 Å². The van der Waals surface area contributed by atoms with E-state index < -0.39 is 0 Å². The molecule has 1 rings (SSSR count). The Labute approximate surface area is 99.5 Å². The maximum absolute atomic E-state index is 9.51. The van der Waals surface area contributed by atoms with Gasteiger partial charge in [0.2, 0.25) is 0 Å². The van der Waals surface area contributed by atoms with Gasteiger partial charge >= 0.3 is 0 Å². The monoisotopic (exact) mass is 229 g/mol. The molecule has 1 saturated carbocycles. The number of nitrogens with zero attached hydrogens (tertiary/aromatic N) is 1. The Morgan fingerprint density at radius 3 is 2.19 bits per heavy atom. The first-order valence-electron chi connectivity index (χ1n) is 6.52. The predicted molar refractivity (Wildman–Crippen MR) is 66.3 cm³/mol. The maximum Gasteiger partial charge on any atom is 0.0546 e. The van der Waals surface area contributed by atoms with E-state index in [9.17, 15) is 10.2 Å². The first-order chi connectivity index (χ1) is 7.55. The van der Waals surface area contributed by atoms with Crippen LogP contribution < -0.4 is 0 Å². The summed E-state index contributed by atoms with van der Waals surface area (Å²) in [7, 11) is 2.13. The van der Waals surface area contributed by atoms with E-state index in [0.717, 1.165) is 38.8 Å². The maximum atomic E-state index is 9.51. The summed E-state index contributed by atoms with van der Waals surface area (Å²) >= 11 is 0. The molecule has 0 amide bonds. The van der Waals surface area contributed by atoms with Crippen molar-refractivity contribution in [1.29, 1.82) is 0 Å². The highest BCUT2D eigenvalue weighted by Crippen LogP contribution is 2.30. The minimum atomic E-state index is -0.0571. The van der Waals surface area contributed by atoms with Gasteiger partial charge in [0.1, 0.15) is 0 Å². The van der Waals surface area contributed by atoms with Crippen LogP contribution >= 0.6 is 0 Å². The topological polar surface area (TPSA) is 43.7 Å². The van der Waals surface area contributed by atoms with Gasteiger partial charge in [-0.2, -0.15) is 0 Å². The molecule has 0 saturated heterocycles. The molecule has 1 aliphatic carbocycles. The minimum Gasteiger partial charge on any atom is -0.396 e. The zero-order valence-electron chi connectivity index (χ0n) is 10.9. The number of aliphatic hydroxyl groups excluding tert-OH is 2. The molecule has 0 unspecified atom stereocenters. The van der Waals surface area contributed by atoms with E-state index in [1.165, 1.54) is 0 Å². The van der Waals surface area contributed by atoms with Crippen LogP contribution in [0, 0.1) is 11.3 Å². The molecular weight excluding hydrogens is 202 g/mol. The number of aliphatic hydroxyl groups is 2. The van der Waals surface area contributed by atoms with E-state index >= 15 is 0 Å². The molecule has 2 N–H and O–H groups in total. The summed E-state index contributed by atoms with van der Waals surface area (Å²) in [6.45, 7) is 6.60. The van der Waals surface area contributed by atoms with Crippen LogP contribution in [0.15, 0.2) is 0 Å². The summed E-state index contributed by atoms with van der Waals surface area (Å²) in [6.07, 6.45) is 3.90. The Bertz CT molecular complexity index is 190. The highest BCUT2D eigenvalue weighted by molar-refractivity contribution is 4.84. The SMILES string of the molecule is CCC(CC)(CO)CN(C)CC1CC(O)C1. The largest absolute Gasteiger partial charge is 0.396 e. The fraction of sp³-hybridized carbons (Fsp3) is 1.00. The van der Waals surface area contributed by atoms with Crippen LogP contribution in [0.4, 0.5) is 0 Å². The number of hydrogen-bond donors (Lipinski definition) is 2. The van der Waals surface area contributed by atoms with Crippen LogP contribution in [0.25, 0.3) is 0 Å². The van der Waals surface area contributed by atoms with Crippen molar-refractivity contribution in [1.82, 2.24) is 4.90 Å². The molecule has 3 nitrogen and oxygen atoms in total. The summed E-state index contributed by atoms with van der Waals surface area (Å²) in [5.41, 5.74) is 0.0666. The lowest BCUT2D eigenvalue weighted by atomic mass is 9.80. The Balaban J connectivity index is 2.33. The molecule has 0 aromatic rings. The average molecular weight is 229 g/mol. The Morgan fingerprint density at radius 2 is 1.81 bits per heavy atom. The van der Waals surface area contributed by atoms with E-state index in [1.807, 2.05) is 0 Å². The Morgan fingerprint density at radius 1 is 1.25 bits per heavy atom. The van der Waals surface area contributed by atoms with Gasteiger partial charge in [-0.3, -0.25) is 0 Å². The number of hydrogen-bond acceptors (Lipinski definition) is 3. The van der Waals surface area contributed by atoms with Crippen molar-refractivity contribution < 1.29 is 10.2 Å². The van der Waals surface area contributed by atoms with Gasteiger partial charge in [-0.25, -0.2) is 0 Å². The molecule has 0 bridgehead atoms. The molecule has 3 heteroatoms. The smallest absolute Gasteiger partial charge is 0.0546 e. The third-order valence-electron chi connectivity index (χ3n) is 4.22. The molecular formula is C13H27NO2. The molecule has 0 heterocycles. The molecule has 0 aliphatic heterocycles. The zero-order valence-corrected chi connectivity index (χ0v) is 10.9. The van der Waals surface area contributed by atoms with Gasteiger partial charge in [0.15, 0.2) is 0 Å². The summed E-state index contributed by atoms with van der Waals surface area (Å²) in [6, 6.07) is 0. The highest BCUT2D eigenvalue weighted by Gasteiger charge is 2.31. The van der Waals surface area contributed by atoms with Crippen molar-refractivity contribution in [2.45, 2.75) is 45.6 Å². The van der Waals surface area contributed by atoms with Crippen molar-refractivity contribution in [3.8, 4) is 0 Å². The third kappa shape index (κ3) is 3.44. The van der Waals surface area contributed by atoms with Gasteiger partial charge in [0, 0.05) is 25.1 Å². The number of rotatable bonds is 7. The van der Waals surface area contributed by atoms with Crippen molar-refractivity contribution >= 4 is 0 Å². The Kier molecular flexibility index (Phi) is 5.22. The van der Waals surface area contributed by atoms with E-state index in [1.54, 1.807) is 0 Å². The molecule has 0 aromatic heterocycles. The molecule has 0 radical (unpaired) electrons. The first-order valence-corrected chi connectivity index (χ1v) is 6.52. The van der Waals surface area contributed by atoms with Crippen LogP contribution in [0.2, 0.25) is 0 Å². The second-order valence-corrected chi connectivity index (χ2v) is 5.55. The van der Waals surface area contributed by atoms with Crippen LogP contribution in [0.1, 0.15) is 39.5 Å². The lowest BCUT2D eigenvalue weighted by Crippen LogP contribution is -2.43. The normalized spacial score (nSPS) is 25.9. The van der Waals surface area contributed by atoms with Gasteiger partial charge in [0.25, 0.3) is 0 Å². The van der Waals surface area contributed by atoms with Crippen molar-refractivity contribution in [3.05, 3.63) is 0 Å². The first kappa shape index (κ1) is 13.9. The van der Waals surface area contributed by atoms with Gasteiger partial charge in [-0.05, 0) is 38.6 Å². The summed E-state index contributed by atoms with van der Waals surface area (Å²) < 4.78 is 0. The second-order valence-electron chi connectivity index (χ2n) is 5.55. The van der Waals surface area contributed by atoms with E-state index in [0.29, 0.717) is 5.92 Å². The highest BCUT2D eigenvalue weighted by atomic mass is 16.3. The van der Waals surface area contributed by atoms with E-state index in [2.05, 4.69) is 25.8 Å². The van der Waals surface area contributed by atoms with Gasteiger partial charge in [-0.1, -0.05) is 13.8 Å². The van der Waals surface area contributed by atoms with Gasteiger partial charge in [0.05, 0.1) is 6.10 Å². The van der Waals surface area contributed by atoms with E-state index in [4.69, 9.17) is 0 Å². The third-order valence-corrected chi connectivity index (χ3v) is 4.22. The molecule has 0 aromatic carbocycles. The second kappa shape index (κ2) is 5.99. The molecule has 0 spiro atoms. The van der Waals surface area contributed by atoms with Crippen molar-refractivity contribution in [2.24, 2.45) is 11.3 Å². The summed E-state index contributed by atoms with van der Waals surface area (Å²) in [4.78, 5) is 2.32. The molecule has 1 fully saturated rings. The zero-order chi connectivity index (χ0) is 12.2. The Hall–Kier alpha value is -0.120. The fourth-order valence-corrected chi connectivity index (χ4v) is 2.67. The van der Waals surface area contributed by atoms with Gasteiger partial charge < -0.3 is 15.1 Å². The molecule has 16 heavy (non-hydrogen) atoms. The fourth-order valence-electron chi connectivity index (χ4n) is 2.67. The summed E-state index contributed by atoms with van der Waals surface area (Å²) in [5.74, 6) is 0.658. The quantitative estimate of drug-likeness (QED) is 0.695. The predicted octanol–water partition coefficient (Wildman–Crippen LogP) is 1.49. The summed E-state index contributed by atoms with van der Waals surface area (Å²) in [5, 5.41) is 18.7. The molecule has 0 atom stereocenters. The van der Waals surface area contributed by atoms with E-state index in [-0.39, 0.29) is 18.1 Å². The average Bonchev–Trinajstić information content (AvgIpc) is 2.24. The molecule has 96 valence electrons. The minimum absolute atomic E-state index is 0.0571. The lowest BCUT2D eigenvalue weighted by molar-refractivity contribution is 0.0132. The molecule has 1 aliphatic rings. The van der Waals surface area contributed by atoms with Crippen molar-refractivity contribution in [3.63, 3.8) is 0 Å². The van der Waals surface area contributed by atoms with Crippen LogP contribution in [-0.4, -0.2) is 48.0 Å².